The molecular formula is C14H24N4O. The average molecular weight is 264 g/mol. The molecule has 1 aromatic rings. The number of hydrogen-bond donors (Lipinski definition) is 0. The van der Waals surface area contributed by atoms with Gasteiger partial charge in [0.1, 0.15) is 0 Å². The van der Waals surface area contributed by atoms with Crippen molar-refractivity contribution in [3.05, 3.63) is 11.7 Å². The fraction of sp³-hybridized carbons (Fsp3) is 0.857. The van der Waals surface area contributed by atoms with Gasteiger partial charge in [0.05, 0.1) is 6.54 Å². The molecule has 1 atom stereocenters. The molecule has 3 rings (SSSR count). The molecule has 1 aromatic heterocycles. The Kier molecular flexibility index (Phi) is 3.84. The Hall–Kier alpha value is -0.940. The minimum atomic E-state index is 0.638. The van der Waals surface area contributed by atoms with Crippen molar-refractivity contribution in [1.29, 1.82) is 0 Å². The van der Waals surface area contributed by atoms with Crippen LogP contribution in [0.2, 0.25) is 0 Å². The highest BCUT2D eigenvalue weighted by Crippen LogP contribution is 2.28. The Morgan fingerprint density at radius 3 is 2.84 bits per heavy atom. The maximum absolute atomic E-state index is 5.03. The van der Waals surface area contributed by atoms with Crippen LogP contribution < -0.4 is 0 Å². The molecule has 0 amide bonds. The van der Waals surface area contributed by atoms with Gasteiger partial charge in [-0.3, -0.25) is 4.90 Å². The lowest BCUT2D eigenvalue weighted by atomic mass is 9.85. The zero-order valence-electron chi connectivity index (χ0n) is 12.0. The third-order valence-electron chi connectivity index (χ3n) is 4.57. The normalized spacial score (nSPS) is 25.1. The SMILES string of the molecule is Cc1nc(CN(C)C2CCN(CC3CCC3)C2)no1. The van der Waals surface area contributed by atoms with Crippen molar-refractivity contribution in [2.24, 2.45) is 5.92 Å². The Labute approximate surface area is 115 Å². The molecule has 5 heteroatoms. The molecule has 1 unspecified atom stereocenters. The standard InChI is InChI=1S/C14H24N4O/c1-11-15-14(16-19-11)10-17(2)13-6-7-18(9-13)8-12-4-3-5-12/h12-13H,3-10H2,1-2H3. The summed E-state index contributed by atoms with van der Waals surface area (Å²) in [6.45, 7) is 6.39. The lowest BCUT2D eigenvalue weighted by Crippen LogP contribution is -2.36. The highest BCUT2D eigenvalue weighted by molar-refractivity contribution is 4.89. The van der Waals surface area contributed by atoms with E-state index in [4.69, 9.17) is 4.52 Å². The summed E-state index contributed by atoms with van der Waals surface area (Å²) >= 11 is 0. The zero-order valence-corrected chi connectivity index (χ0v) is 12.0. The van der Waals surface area contributed by atoms with E-state index in [2.05, 4.69) is 27.0 Å². The topological polar surface area (TPSA) is 45.4 Å². The summed E-state index contributed by atoms with van der Waals surface area (Å²) in [5.74, 6) is 2.43. The van der Waals surface area contributed by atoms with Crippen molar-refractivity contribution in [2.45, 2.75) is 45.2 Å². The number of likely N-dealkylation sites (tertiary alicyclic amines) is 1. The molecule has 5 nitrogen and oxygen atoms in total. The molecule has 0 N–H and O–H groups in total. The second-order valence-corrected chi connectivity index (χ2v) is 6.14. The van der Waals surface area contributed by atoms with E-state index in [0.717, 1.165) is 18.3 Å². The number of rotatable bonds is 5. The highest BCUT2D eigenvalue weighted by Gasteiger charge is 2.29. The van der Waals surface area contributed by atoms with Crippen molar-refractivity contribution in [3.63, 3.8) is 0 Å². The van der Waals surface area contributed by atoms with Gasteiger partial charge >= 0.3 is 0 Å². The first-order chi connectivity index (χ1) is 9.20. The van der Waals surface area contributed by atoms with Crippen LogP contribution in [0.25, 0.3) is 0 Å². The predicted octanol–water partition coefficient (Wildman–Crippen LogP) is 1.68. The first kappa shape index (κ1) is 13.1. The van der Waals surface area contributed by atoms with Gasteiger partial charge in [-0.25, -0.2) is 0 Å². The molecule has 106 valence electrons. The minimum absolute atomic E-state index is 0.638. The van der Waals surface area contributed by atoms with E-state index < -0.39 is 0 Å². The smallest absolute Gasteiger partial charge is 0.223 e. The second kappa shape index (κ2) is 5.59. The van der Waals surface area contributed by atoms with Gasteiger partial charge in [-0.15, -0.1) is 0 Å². The second-order valence-electron chi connectivity index (χ2n) is 6.14. The molecule has 0 aromatic carbocycles. The van der Waals surface area contributed by atoms with E-state index in [1.165, 1.54) is 45.3 Å². The monoisotopic (exact) mass is 264 g/mol. The van der Waals surface area contributed by atoms with Crippen LogP contribution in [-0.4, -0.2) is 52.7 Å². The number of aryl methyl sites for hydroxylation is 1. The van der Waals surface area contributed by atoms with Crippen molar-refractivity contribution in [3.8, 4) is 0 Å². The Bertz CT molecular complexity index is 415. The van der Waals surface area contributed by atoms with Crippen molar-refractivity contribution in [1.82, 2.24) is 19.9 Å². The number of nitrogens with zero attached hydrogens (tertiary/aromatic N) is 4. The molecule has 1 aliphatic heterocycles. The summed E-state index contributed by atoms with van der Waals surface area (Å²) in [7, 11) is 2.17. The largest absolute Gasteiger partial charge is 0.340 e. The third-order valence-corrected chi connectivity index (χ3v) is 4.57. The number of likely N-dealkylation sites (N-methyl/N-ethyl adjacent to an activating group) is 1. The van der Waals surface area contributed by atoms with Crippen LogP contribution in [-0.2, 0) is 6.54 Å². The first-order valence-electron chi connectivity index (χ1n) is 7.42. The lowest BCUT2D eigenvalue weighted by molar-refractivity contribution is 0.180. The quantitative estimate of drug-likeness (QED) is 0.809. The van der Waals surface area contributed by atoms with E-state index in [1.54, 1.807) is 0 Å². The maximum atomic E-state index is 5.03. The van der Waals surface area contributed by atoms with Crippen LogP contribution in [0, 0.1) is 12.8 Å². The van der Waals surface area contributed by atoms with Gasteiger partial charge in [-0.2, -0.15) is 4.98 Å². The third kappa shape index (κ3) is 3.15. The van der Waals surface area contributed by atoms with Crippen LogP contribution in [0.4, 0.5) is 0 Å². The van der Waals surface area contributed by atoms with Gasteiger partial charge in [-0.05, 0) is 38.8 Å². The van der Waals surface area contributed by atoms with Crippen molar-refractivity contribution < 1.29 is 4.52 Å². The molecule has 19 heavy (non-hydrogen) atoms. The molecule has 2 aliphatic rings. The van der Waals surface area contributed by atoms with Gasteiger partial charge in [0, 0.05) is 26.1 Å². The molecule has 2 heterocycles. The van der Waals surface area contributed by atoms with E-state index >= 15 is 0 Å². The molecule has 0 bridgehead atoms. The predicted molar refractivity (Wildman–Crippen MR) is 72.7 cm³/mol. The Morgan fingerprint density at radius 2 is 2.21 bits per heavy atom. The summed E-state index contributed by atoms with van der Waals surface area (Å²) in [6, 6.07) is 0.638. The molecular weight excluding hydrogens is 240 g/mol. The van der Waals surface area contributed by atoms with Crippen LogP contribution >= 0.6 is 0 Å². The van der Waals surface area contributed by atoms with E-state index in [0.29, 0.717) is 11.9 Å². The molecule has 1 saturated carbocycles. The summed E-state index contributed by atoms with van der Waals surface area (Å²) in [6.07, 6.45) is 5.59. The summed E-state index contributed by atoms with van der Waals surface area (Å²) in [5, 5.41) is 3.98. The van der Waals surface area contributed by atoms with E-state index in [9.17, 15) is 0 Å². The summed E-state index contributed by atoms with van der Waals surface area (Å²) < 4.78 is 5.03. The summed E-state index contributed by atoms with van der Waals surface area (Å²) in [5.41, 5.74) is 0. The highest BCUT2D eigenvalue weighted by atomic mass is 16.5. The molecule has 1 aliphatic carbocycles. The first-order valence-corrected chi connectivity index (χ1v) is 7.42. The van der Waals surface area contributed by atoms with Gasteiger partial charge in [-0.1, -0.05) is 11.6 Å². The van der Waals surface area contributed by atoms with Gasteiger partial charge in [0.15, 0.2) is 5.82 Å². The fourth-order valence-corrected chi connectivity index (χ4v) is 3.14. The molecule has 1 saturated heterocycles. The fourth-order valence-electron chi connectivity index (χ4n) is 3.14. The molecule has 2 fully saturated rings. The zero-order chi connectivity index (χ0) is 13.2. The summed E-state index contributed by atoms with van der Waals surface area (Å²) in [4.78, 5) is 9.28. The van der Waals surface area contributed by atoms with Gasteiger partial charge in [0.25, 0.3) is 0 Å². The van der Waals surface area contributed by atoms with E-state index in [1.807, 2.05) is 6.92 Å². The number of aromatic nitrogens is 2. The van der Waals surface area contributed by atoms with Crippen LogP contribution in [0.15, 0.2) is 4.52 Å². The van der Waals surface area contributed by atoms with E-state index in [-0.39, 0.29) is 0 Å². The van der Waals surface area contributed by atoms with Gasteiger partial charge in [0.2, 0.25) is 5.89 Å². The van der Waals surface area contributed by atoms with Crippen molar-refractivity contribution in [2.75, 3.05) is 26.7 Å². The van der Waals surface area contributed by atoms with Crippen LogP contribution in [0.3, 0.4) is 0 Å². The van der Waals surface area contributed by atoms with Gasteiger partial charge < -0.3 is 9.42 Å². The maximum Gasteiger partial charge on any atom is 0.223 e. The Morgan fingerprint density at radius 1 is 1.37 bits per heavy atom. The van der Waals surface area contributed by atoms with Crippen LogP contribution in [0.1, 0.15) is 37.4 Å². The minimum Gasteiger partial charge on any atom is -0.340 e. The van der Waals surface area contributed by atoms with Crippen LogP contribution in [0.5, 0.6) is 0 Å². The van der Waals surface area contributed by atoms with Crippen molar-refractivity contribution >= 4 is 0 Å². The Balaban J connectivity index is 1.46. The molecule has 0 spiro atoms. The molecule has 0 radical (unpaired) electrons. The lowest BCUT2D eigenvalue weighted by Gasteiger charge is -2.30. The average Bonchev–Trinajstić information content (AvgIpc) is 2.93. The number of hydrogen-bond acceptors (Lipinski definition) is 5.